The van der Waals surface area contributed by atoms with Crippen molar-refractivity contribution in [1.29, 1.82) is 0 Å². The fraction of sp³-hybridized carbons (Fsp3) is 0.200. The van der Waals surface area contributed by atoms with Crippen LogP contribution < -0.4 is 9.64 Å². The lowest BCUT2D eigenvalue weighted by molar-refractivity contribution is 0.140. The number of hydrogen-bond acceptors (Lipinski definition) is 4. The van der Waals surface area contributed by atoms with E-state index in [9.17, 15) is 9.18 Å². The largest absolute Gasteiger partial charge is 0.486 e. The van der Waals surface area contributed by atoms with E-state index < -0.39 is 11.9 Å². The molecule has 1 saturated heterocycles. The zero-order valence-corrected chi connectivity index (χ0v) is 14.5. The minimum atomic E-state index is -0.522. The van der Waals surface area contributed by atoms with Crippen LogP contribution in [0.4, 0.5) is 14.9 Å². The third-order valence-corrected chi connectivity index (χ3v) is 4.31. The summed E-state index contributed by atoms with van der Waals surface area (Å²) in [6.07, 6.45) is 3.02. The van der Waals surface area contributed by atoms with Gasteiger partial charge in [0.05, 0.1) is 12.2 Å². The quantitative estimate of drug-likeness (QED) is 0.721. The fourth-order valence-electron chi connectivity index (χ4n) is 2.97. The average Bonchev–Trinajstić information content (AvgIpc) is 3.31. The van der Waals surface area contributed by atoms with Gasteiger partial charge in [0.25, 0.3) is 0 Å². The molecule has 0 aliphatic carbocycles. The molecule has 3 aromatic rings. The number of nitrogens with zero attached hydrogens (tertiary/aromatic N) is 2. The normalized spacial score (nSPS) is 16.4. The standard InChI is InChI=1S/C20H18FN3O3/c21-17-10-15(6-7-18(17)26-13-14-4-2-1-3-5-14)24-12-16(27-20(24)25)11-19-22-8-9-23-19/h1-10,16H,11-13H2,(H,22,23)/t16-/m0/s1. The van der Waals surface area contributed by atoms with Crippen LogP contribution in [-0.2, 0) is 17.8 Å². The van der Waals surface area contributed by atoms with Crippen molar-refractivity contribution in [2.75, 3.05) is 11.4 Å². The Morgan fingerprint density at radius 3 is 2.85 bits per heavy atom. The summed E-state index contributed by atoms with van der Waals surface area (Å²) in [6, 6.07) is 14.0. The Bertz CT molecular complexity index is 915. The van der Waals surface area contributed by atoms with Crippen molar-refractivity contribution in [3.63, 3.8) is 0 Å². The van der Waals surface area contributed by atoms with Crippen LogP contribution in [0, 0.1) is 5.82 Å². The molecule has 1 aromatic heterocycles. The Morgan fingerprint density at radius 2 is 2.11 bits per heavy atom. The highest BCUT2D eigenvalue weighted by atomic mass is 19.1. The molecule has 1 atom stereocenters. The highest BCUT2D eigenvalue weighted by Crippen LogP contribution is 2.28. The number of hydrogen-bond donors (Lipinski definition) is 1. The lowest BCUT2D eigenvalue weighted by Gasteiger charge is -2.14. The number of anilines is 1. The van der Waals surface area contributed by atoms with Crippen LogP contribution in [0.2, 0.25) is 0 Å². The van der Waals surface area contributed by atoms with E-state index in [1.54, 1.807) is 18.5 Å². The van der Waals surface area contributed by atoms with E-state index in [0.29, 0.717) is 18.7 Å². The first-order valence-electron chi connectivity index (χ1n) is 8.62. The van der Waals surface area contributed by atoms with Crippen LogP contribution >= 0.6 is 0 Å². The highest BCUT2D eigenvalue weighted by molar-refractivity contribution is 5.89. The number of halogens is 1. The van der Waals surface area contributed by atoms with Crippen molar-refractivity contribution in [1.82, 2.24) is 9.97 Å². The van der Waals surface area contributed by atoms with Gasteiger partial charge in [0.2, 0.25) is 0 Å². The molecule has 1 N–H and O–H groups in total. The number of carbonyl (C=O) groups is 1. The van der Waals surface area contributed by atoms with Gasteiger partial charge in [-0.05, 0) is 17.7 Å². The molecular weight excluding hydrogens is 349 g/mol. The third kappa shape index (κ3) is 3.92. The van der Waals surface area contributed by atoms with E-state index in [4.69, 9.17) is 9.47 Å². The lowest BCUT2D eigenvalue weighted by Crippen LogP contribution is -2.25. The molecule has 1 aliphatic rings. The minimum Gasteiger partial charge on any atom is -0.486 e. The first-order valence-corrected chi connectivity index (χ1v) is 8.62. The molecule has 0 spiro atoms. The van der Waals surface area contributed by atoms with E-state index in [-0.39, 0.29) is 18.5 Å². The van der Waals surface area contributed by atoms with Gasteiger partial charge in [-0.15, -0.1) is 0 Å². The lowest BCUT2D eigenvalue weighted by atomic mass is 10.2. The maximum atomic E-state index is 14.4. The van der Waals surface area contributed by atoms with Gasteiger partial charge in [0, 0.05) is 24.9 Å². The van der Waals surface area contributed by atoms with Crippen LogP contribution in [0.5, 0.6) is 5.75 Å². The summed E-state index contributed by atoms with van der Waals surface area (Å²) in [4.78, 5) is 20.7. The van der Waals surface area contributed by atoms with E-state index in [1.807, 2.05) is 30.3 Å². The Balaban J connectivity index is 1.41. The molecule has 1 amide bonds. The number of aromatic amines is 1. The Kier molecular flexibility index (Phi) is 4.74. The molecule has 1 aliphatic heterocycles. The molecular formula is C20H18FN3O3. The van der Waals surface area contributed by atoms with Crippen LogP contribution in [0.15, 0.2) is 60.9 Å². The summed E-state index contributed by atoms with van der Waals surface area (Å²) in [5.41, 5.74) is 1.39. The number of ether oxygens (including phenoxy) is 2. The molecule has 138 valence electrons. The van der Waals surface area contributed by atoms with E-state index in [0.717, 1.165) is 11.4 Å². The van der Waals surface area contributed by atoms with E-state index >= 15 is 0 Å². The SMILES string of the molecule is O=C1O[C@@H](Cc2ncc[nH]2)CN1c1ccc(OCc2ccccc2)c(F)c1. The van der Waals surface area contributed by atoms with Gasteiger partial charge in [0.1, 0.15) is 18.5 Å². The third-order valence-electron chi connectivity index (χ3n) is 4.31. The molecule has 0 bridgehead atoms. The summed E-state index contributed by atoms with van der Waals surface area (Å²) in [7, 11) is 0. The van der Waals surface area contributed by atoms with Gasteiger partial charge in [0.15, 0.2) is 11.6 Å². The van der Waals surface area contributed by atoms with Crippen molar-refractivity contribution in [3.05, 3.63) is 78.1 Å². The number of cyclic esters (lactones) is 1. The molecule has 4 rings (SSSR count). The number of rotatable bonds is 6. The average molecular weight is 367 g/mol. The number of amides is 1. The maximum absolute atomic E-state index is 14.4. The summed E-state index contributed by atoms with van der Waals surface area (Å²) in [5.74, 6) is 0.360. The molecule has 27 heavy (non-hydrogen) atoms. The van der Waals surface area contributed by atoms with Crippen molar-refractivity contribution in [2.24, 2.45) is 0 Å². The summed E-state index contributed by atoms with van der Waals surface area (Å²) in [6.45, 7) is 0.608. The predicted octanol–water partition coefficient (Wildman–Crippen LogP) is 3.70. The molecule has 0 radical (unpaired) electrons. The number of H-pyrrole nitrogens is 1. The van der Waals surface area contributed by atoms with Crippen molar-refractivity contribution < 1.29 is 18.7 Å². The Labute approximate surface area is 155 Å². The summed E-state index contributed by atoms with van der Waals surface area (Å²) >= 11 is 0. The first kappa shape index (κ1) is 17.1. The van der Waals surface area contributed by atoms with Gasteiger partial charge in [-0.25, -0.2) is 14.2 Å². The zero-order valence-electron chi connectivity index (χ0n) is 14.5. The number of imidazole rings is 1. The number of carbonyl (C=O) groups excluding carboxylic acids is 1. The van der Waals surface area contributed by atoms with Gasteiger partial charge in [-0.3, -0.25) is 4.90 Å². The van der Waals surface area contributed by atoms with E-state index in [2.05, 4.69) is 9.97 Å². The van der Waals surface area contributed by atoms with Crippen LogP contribution in [0.3, 0.4) is 0 Å². The van der Waals surface area contributed by atoms with Crippen LogP contribution in [-0.4, -0.2) is 28.7 Å². The smallest absolute Gasteiger partial charge is 0.414 e. The number of nitrogens with one attached hydrogen (secondary N) is 1. The summed E-state index contributed by atoms with van der Waals surface area (Å²) < 4.78 is 25.3. The van der Waals surface area contributed by atoms with Crippen molar-refractivity contribution in [3.8, 4) is 5.75 Å². The fourth-order valence-corrected chi connectivity index (χ4v) is 2.97. The van der Waals surface area contributed by atoms with Crippen molar-refractivity contribution >= 4 is 11.8 Å². The molecule has 6 nitrogen and oxygen atoms in total. The van der Waals surface area contributed by atoms with Crippen LogP contribution in [0.25, 0.3) is 0 Å². The highest BCUT2D eigenvalue weighted by Gasteiger charge is 2.33. The predicted molar refractivity (Wildman–Crippen MR) is 97.1 cm³/mol. The molecule has 7 heteroatoms. The second-order valence-electron chi connectivity index (χ2n) is 6.25. The van der Waals surface area contributed by atoms with Gasteiger partial charge >= 0.3 is 6.09 Å². The second-order valence-corrected chi connectivity index (χ2v) is 6.25. The Morgan fingerprint density at radius 1 is 1.26 bits per heavy atom. The molecule has 0 saturated carbocycles. The van der Waals surface area contributed by atoms with E-state index in [1.165, 1.54) is 17.0 Å². The van der Waals surface area contributed by atoms with Crippen molar-refractivity contribution in [2.45, 2.75) is 19.1 Å². The van der Waals surface area contributed by atoms with Gasteiger partial charge < -0.3 is 14.5 Å². The second kappa shape index (κ2) is 7.49. The summed E-state index contributed by atoms with van der Waals surface area (Å²) in [5, 5.41) is 0. The topological polar surface area (TPSA) is 67.5 Å². The molecule has 2 heterocycles. The Hall–Kier alpha value is -3.35. The number of benzene rings is 2. The first-order chi connectivity index (χ1) is 13.2. The maximum Gasteiger partial charge on any atom is 0.414 e. The van der Waals surface area contributed by atoms with Gasteiger partial charge in [-0.1, -0.05) is 30.3 Å². The minimum absolute atomic E-state index is 0.141. The molecule has 2 aromatic carbocycles. The van der Waals surface area contributed by atoms with Crippen LogP contribution in [0.1, 0.15) is 11.4 Å². The molecule has 1 fully saturated rings. The zero-order chi connectivity index (χ0) is 18.6. The monoisotopic (exact) mass is 367 g/mol. The number of aromatic nitrogens is 2. The molecule has 0 unspecified atom stereocenters. The van der Waals surface area contributed by atoms with Gasteiger partial charge in [-0.2, -0.15) is 0 Å².